The lowest BCUT2D eigenvalue weighted by molar-refractivity contribution is -0.142. The molecule has 3 N–H and O–H groups in total. The van der Waals surface area contributed by atoms with Gasteiger partial charge in [0.05, 0.1) is 5.69 Å². The van der Waals surface area contributed by atoms with E-state index in [1.54, 1.807) is 4.68 Å². The van der Waals surface area contributed by atoms with Crippen molar-refractivity contribution in [2.75, 3.05) is 0 Å². The van der Waals surface area contributed by atoms with Gasteiger partial charge in [-0.3, -0.25) is 4.79 Å². The van der Waals surface area contributed by atoms with Crippen LogP contribution >= 0.6 is 11.8 Å². The number of benzene rings is 1. The minimum absolute atomic E-state index is 0.0374. The summed E-state index contributed by atoms with van der Waals surface area (Å²) >= 11 is 1.40. The largest absolute Gasteiger partial charge is 0.480 e. The van der Waals surface area contributed by atoms with Gasteiger partial charge in [0.1, 0.15) is 5.54 Å². The van der Waals surface area contributed by atoms with E-state index in [9.17, 15) is 4.79 Å². The fourth-order valence-electron chi connectivity index (χ4n) is 1.89. The molecule has 2 rings (SSSR count). The zero-order chi connectivity index (χ0) is 15.5. The molecule has 2 aromatic rings. The van der Waals surface area contributed by atoms with E-state index in [1.807, 2.05) is 37.3 Å². The van der Waals surface area contributed by atoms with Gasteiger partial charge in [-0.05, 0) is 35.9 Å². The summed E-state index contributed by atoms with van der Waals surface area (Å²) in [5.74, 6) is -1.02. The van der Waals surface area contributed by atoms with Gasteiger partial charge in [0.15, 0.2) is 0 Å². The van der Waals surface area contributed by atoms with Gasteiger partial charge in [-0.15, -0.1) is 5.10 Å². The van der Waals surface area contributed by atoms with Gasteiger partial charge in [0.2, 0.25) is 5.16 Å². The van der Waals surface area contributed by atoms with Crippen LogP contribution in [0, 0.1) is 0 Å². The summed E-state index contributed by atoms with van der Waals surface area (Å²) in [5.41, 5.74) is 5.35. The van der Waals surface area contributed by atoms with Crippen LogP contribution in [0.15, 0.2) is 35.5 Å². The number of nitrogens with zero attached hydrogens (tertiary/aromatic N) is 4. The summed E-state index contributed by atoms with van der Waals surface area (Å²) < 4.78 is 1.62. The van der Waals surface area contributed by atoms with E-state index >= 15 is 0 Å². The Morgan fingerprint density at radius 1 is 1.48 bits per heavy atom. The lowest BCUT2D eigenvalue weighted by Gasteiger charge is -2.22. The Morgan fingerprint density at radius 3 is 2.76 bits per heavy atom. The first-order valence-corrected chi connectivity index (χ1v) is 7.31. The van der Waals surface area contributed by atoms with Crippen molar-refractivity contribution in [2.24, 2.45) is 5.73 Å². The first-order chi connectivity index (χ1) is 9.90. The van der Waals surface area contributed by atoms with Crippen molar-refractivity contribution < 1.29 is 9.90 Å². The summed E-state index contributed by atoms with van der Waals surface area (Å²) in [7, 11) is 0. The van der Waals surface area contributed by atoms with Crippen molar-refractivity contribution in [1.29, 1.82) is 0 Å². The minimum atomic E-state index is -1.27. The molecule has 0 saturated carbocycles. The molecule has 2 unspecified atom stereocenters. The van der Waals surface area contributed by atoms with Crippen molar-refractivity contribution in [1.82, 2.24) is 20.2 Å². The SMILES string of the molecule is CC(CC(C)(N)C(=O)O)Sc1nnnn1-c1ccccc1. The number of hydrogen-bond acceptors (Lipinski definition) is 6. The van der Waals surface area contributed by atoms with Crippen LogP contribution in [0.3, 0.4) is 0 Å². The van der Waals surface area contributed by atoms with Crippen molar-refractivity contribution in [3.63, 3.8) is 0 Å². The highest BCUT2D eigenvalue weighted by Gasteiger charge is 2.30. The normalized spacial score (nSPS) is 15.4. The molecule has 1 heterocycles. The van der Waals surface area contributed by atoms with Gasteiger partial charge in [-0.2, -0.15) is 4.68 Å². The zero-order valence-electron chi connectivity index (χ0n) is 11.8. The molecule has 112 valence electrons. The number of rotatable bonds is 6. The highest BCUT2D eigenvalue weighted by molar-refractivity contribution is 7.99. The second-order valence-corrected chi connectivity index (χ2v) is 6.47. The third-order valence-corrected chi connectivity index (χ3v) is 3.98. The van der Waals surface area contributed by atoms with E-state index in [0.717, 1.165) is 5.69 Å². The van der Waals surface area contributed by atoms with E-state index in [-0.39, 0.29) is 5.25 Å². The van der Waals surface area contributed by atoms with Gasteiger partial charge in [0.25, 0.3) is 0 Å². The van der Waals surface area contributed by atoms with Crippen LogP contribution in [-0.2, 0) is 4.79 Å². The Morgan fingerprint density at radius 2 is 2.14 bits per heavy atom. The first-order valence-electron chi connectivity index (χ1n) is 6.43. The molecule has 1 aromatic carbocycles. The molecule has 0 amide bonds. The Hall–Kier alpha value is -1.93. The van der Waals surface area contributed by atoms with E-state index in [4.69, 9.17) is 10.8 Å². The predicted octanol–water partition coefficient (Wildman–Crippen LogP) is 1.33. The number of carboxylic acid groups (broad SMARTS) is 1. The molecular weight excluding hydrogens is 290 g/mol. The summed E-state index contributed by atoms with van der Waals surface area (Å²) in [6.07, 6.45) is 0.314. The van der Waals surface area contributed by atoms with Gasteiger partial charge in [-0.1, -0.05) is 36.9 Å². The molecule has 0 bridgehead atoms. The van der Waals surface area contributed by atoms with Crippen molar-refractivity contribution >= 4 is 17.7 Å². The maximum absolute atomic E-state index is 11.1. The quantitative estimate of drug-likeness (QED) is 0.775. The van der Waals surface area contributed by atoms with Crippen LogP contribution in [-0.4, -0.2) is 42.1 Å². The Bertz CT molecular complexity index is 614. The van der Waals surface area contributed by atoms with Crippen LogP contribution in [0.25, 0.3) is 5.69 Å². The highest BCUT2D eigenvalue weighted by atomic mass is 32.2. The van der Waals surface area contributed by atoms with E-state index in [0.29, 0.717) is 11.6 Å². The zero-order valence-corrected chi connectivity index (χ0v) is 12.6. The maximum Gasteiger partial charge on any atom is 0.323 e. The van der Waals surface area contributed by atoms with Crippen LogP contribution in [0.4, 0.5) is 0 Å². The molecule has 0 aliphatic rings. The van der Waals surface area contributed by atoms with E-state index < -0.39 is 11.5 Å². The van der Waals surface area contributed by atoms with Gasteiger partial charge in [0, 0.05) is 5.25 Å². The molecule has 21 heavy (non-hydrogen) atoms. The Balaban J connectivity index is 2.11. The molecular formula is C13H17N5O2S. The Labute approximate surface area is 126 Å². The second kappa shape index (κ2) is 6.23. The van der Waals surface area contributed by atoms with Crippen molar-refractivity contribution in [3.05, 3.63) is 30.3 Å². The average molecular weight is 307 g/mol. The third-order valence-electron chi connectivity index (χ3n) is 2.95. The number of aromatic nitrogens is 4. The monoisotopic (exact) mass is 307 g/mol. The number of thioether (sulfide) groups is 1. The highest BCUT2D eigenvalue weighted by Crippen LogP contribution is 2.27. The summed E-state index contributed by atoms with van der Waals surface area (Å²) in [5, 5.41) is 21.3. The third kappa shape index (κ3) is 3.79. The van der Waals surface area contributed by atoms with Gasteiger partial charge < -0.3 is 10.8 Å². The van der Waals surface area contributed by atoms with Gasteiger partial charge in [-0.25, -0.2) is 0 Å². The summed E-state index contributed by atoms with van der Waals surface area (Å²) in [6, 6.07) is 9.51. The number of hydrogen-bond donors (Lipinski definition) is 2. The fraction of sp³-hybridized carbons (Fsp3) is 0.385. The molecule has 8 heteroatoms. The van der Waals surface area contributed by atoms with Crippen molar-refractivity contribution in [3.8, 4) is 5.69 Å². The molecule has 0 aliphatic carbocycles. The minimum Gasteiger partial charge on any atom is -0.480 e. The summed E-state index contributed by atoms with van der Waals surface area (Å²) in [4.78, 5) is 11.1. The van der Waals surface area contributed by atoms with E-state index in [1.165, 1.54) is 18.7 Å². The number of tetrazole rings is 1. The van der Waals surface area contributed by atoms with Crippen LogP contribution in [0.5, 0.6) is 0 Å². The molecule has 7 nitrogen and oxygen atoms in total. The number of carboxylic acids is 1. The van der Waals surface area contributed by atoms with Crippen molar-refractivity contribution in [2.45, 2.75) is 36.2 Å². The second-order valence-electron chi connectivity index (χ2n) is 5.06. The number of para-hydroxylation sites is 1. The lowest BCUT2D eigenvalue weighted by atomic mass is 9.98. The van der Waals surface area contributed by atoms with E-state index in [2.05, 4.69) is 15.5 Å². The molecule has 0 saturated heterocycles. The molecule has 0 aliphatic heterocycles. The standard InChI is InChI=1S/C13H17N5O2S/c1-9(8-13(2,14)11(19)20)21-12-15-16-17-18(12)10-6-4-3-5-7-10/h3-7,9H,8,14H2,1-2H3,(H,19,20). The molecule has 2 atom stereocenters. The number of carbonyl (C=O) groups is 1. The van der Waals surface area contributed by atoms with Crippen LogP contribution in [0.1, 0.15) is 20.3 Å². The number of nitrogens with two attached hydrogens (primary N) is 1. The predicted molar refractivity (Wildman–Crippen MR) is 79.3 cm³/mol. The lowest BCUT2D eigenvalue weighted by Crippen LogP contribution is -2.46. The molecule has 0 fully saturated rings. The molecule has 1 aromatic heterocycles. The molecule has 0 spiro atoms. The number of aliphatic carboxylic acids is 1. The smallest absolute Gasteiger partial charge is 0.323 e. The first kappa shape index (κ1) is 15.5. The topological polar surface area (TPSA) is 107 Å². The summed E-state index contributed by atoms with van der Waals surface area (Å²) in [6.45, 7) is 3.41. The maximum atomic E-state index is 11.1. The Kier molecular flexibility index (Phi) is 4.59. The molecule has 0 radical (unpaired) electrons. The van der Waals surface area contributed by atoms with Gasteiger partial charge >= 0.3 is 5.97 Å². The van der Waals surface area contributed by atoms with Crippen LogP contribution < -0.4 is 5.73 Å². The average Bonchev–Trinajstić information content (AvgIpc) is 2.86. The van der Waals surface area contributed by atoms with Crippen LogP contribution in [0.2, 0.25) is 0 Å². The fourth-order valence-corrected chi connectivity index (χ4v) is 3.00.